The average molecular weight is 296 g/mol. The number of benzene rings is 1. The summed E-state index contributed by atoms with van der Waals surface area (Å²) in [4.78, 5) is 18.1. The van der Waals surface area contributed by atoms with Crippen molar-refractivity contribution in [3.05, 3.63) is 59.9 Å². The van der Waals surface area contributed by atoms with Crippen LogP contribution in [0.25, 0.3) is 0 Å². The summed E-state index contributed by atoms with van der Waals surface area (Å²) in [5.41, 5.74) is 2.62. The molecule has 1 amide bonds. The van der Waals surface area contributed by atoms with E-state index in [-0.39, 0.29) is 5.91 Å². The molecule has 106 valence electrons. The van der Waals surface area contributed by atoms with E-state index in [4.69, 9.17) is 6.42 Å². The average Bonchev–Trinajstić information content (AvgIpc) is 2.54. The molecule has 3 nitrogen and oxygen atoms in total. The summed E-state index contributed by atoms with van der Waals surface area (Å²) >= 11 is 1.51. The van der Waals surface area contributed by atoms with Gasteiger partial charge < -0.3 is 4.90 Å². The van der Waals surface area contributed by atoms with E-state index in [9.17, 15) is 4.79 Å². The van der Waals surface area contributed by atoms with Crippen LogP contribution in [0.4, 0.5) is 5.69 Å². The molecule has 0 unspecified atom stereocenters. The Labute approximate surface area is 129 Å². The van der Waals surface area contributed by atoms with E-state index in [1.165, 1.54) is 11.8 Å². The Morgan fingerprint density at radius 3 is 2.76 bits per heavy atom. The predicted octanol–water partition coefficient (Wildman–Crippen LogP) is 2.96. The van der Waals surface area contributed by atoms with Gasteiger partial charge in [0.25, 0.3) is 0 Å². The second-order valence-corrected chi connectivity index (χ2v) is 5.33. The largest absolute Gasteiger partial charge is 0.307 e. The SMILES string of the molecule is C#Cc1cccc(N(Cc2ccncc2)C(=O)CSC)c1. The molecule has 4 heteroatoms. The number of terminal acetylenes is 1. The van der Waals surface area contributed by atoms with Crippen LogP contribution < -0.4 is 4.90 Å². The first-order valence-corrected chi connectivity index (χ1v) is 7.89. The van der Waals surface area contributed by atoms with Gasteiger partial charge >= 0.3 is 0 Å². The van der Waals surface area contributed by atoms with Gasteiger partial charge in [-0.1, -0.05) is 12.0 Å². The van der Waals surface area contributed by atoms with E-state index < -0.39 is 0 Å². The Balaban J connectivity index is 2.31. The van der Waals surface area contributed by atoms with Crippen LogP contribution in [0.15, 0.2) is 48.8 Å². The topological polar surface area (TPSA) is 33.2 Å². The van der Waals surface area contributed by atoms with E-state index >= 15 is 0 Å². The van der Waals surface area contributed by atoms with Crippen molar-refractivity contribution in [1.29, 1.82) is 0 Å². The van der Waals surface area contributed by atoms with Crippen molar-refractivity contribution in [3.63, 3.8) is 0 Å². The molecule has 0 saturated heterocycles. The quantitative estimate of drug-likeness (QED) is 0.795. The van der Waals surface area contributed by atoms with Crippen LogP contribution in [0.3, 0.4) is 0 Å². The van der Waals surface area contributed by atoms with Gasteiger partial charge in [-0.05, 0) is 42.2 Å². The van der Waals surface area contributed by atoms with E-state index in [1.54, 1.807) is 17.3 Å². The van der Waals surface area contributed by atoms with Crippen molar-refractivity contribution < 1.29 is 4.79 Å². The van der Waals surface area contributed by atoms with Gasteiger partial charge in [-0.3, -0.25) is 9.78 Å². The molecule has 2 aromatic rings. The van der Waals surface area contributed by atoms with Crippen LogP contribution in [-0.2, 0) is 11.3 Å². The minimum atomic E-state index is 0.0634. The summed E-state index contributed by atoms with van der Waals surface area (Å²) in [5, 5.41) is 0. The molecule has 21 heavy (non-hydrogen) atoms. The highest BCUT2D eigenvalue weighted by molar-refractivity contribution is 7.99. The van der Waals surface area contributed by atoms with Crippen molar-refractivity contribution in [3.8, 4) is 12.3 Å². The van der Waals surface area contributed by atoms with Crippen molar-refractivity contribution in [2.75, 3.05) is 16.9 Å². The van der Waals surface area contributed by atoms with Gasteiger partial charge in [0.2, 0.25) is 5.91 Å². The number of aromatic nitrogens is 1. The number of pyridine rings is 1. The molecular weight excluding hydrogens is 280 g/mol. The van der Waals surface area contributed by atoms with Gasteiger partial charge in [-0.25, -0.2) is 0 Å². The molecular formula is C17H16N2OS. The highest BCUT2D eigenvalue weighted by Gasteiger charge is 2.16. The van der Waals surface area contributed by atoms with E-state index in [1.807, 2.05) is 42.7 Å². The number of hydrogen-bond donors (Lipinski definition) is 0. The van der Waals surface area contributed by atoms with Crippen LogP contribution in [-0.4, -0.2) is 22.9 Å². The van der Waals surface area contributed by atoms with Gasteiger partial charge in [0, 0.05) is 23.6 Å². The maximum absolute atomic E-state index is 12.4. The standard InChI is InChI=1S/C17H16N2OS/c1-3-14-5-4-6-16(11-14)19(17(20)13-21-2)12-15-7-9-18-10-8-15/h1,4-11H,12-13H2,2H3. The minimum Gasteiger partial charge on any atom is -0.307 e. The molecule has 0 radical (unpaired) electrons. The fourth-order valence-electron chi connectivity index (χ4n) is 1.96. The zero-order chi connectivity index (χ0) is 15.1. The number of amides is 1. The van der Waals surface area contributed by atoms with E-state index in [0.717, 1.165) is 16.8 Å². The molecule has 1 heterocycles. The Hall–Kier alpha value is -2.25. The maximum atomic E-state index is 12.4. The third kappa shape index (κ3) is 4.11. The predicted molar refractivity (Wildman–Crippen MR) is 88.2 cm³/mol. The molecule has 2 rings (SSSR count). The molecule has 0 spiro atoms. The Morgan fingerprint density at radius 1 is 1.33 bits per heavy atom. The van der Waals surface area contributed by atoms with Crippen LogP contribution in [0.2, 0.25) is 0 Å². The van der Waals surface area contributed by atoms with Crippen LogP contribution in [0.1, 0.15) is 11.1 Å². The number of anilines is 1. The van der Waals surface area contributed by atoms with Crippen molar-refractivity contribution in [1.82, 2.24) is 4.98 Å². The van der Waals surface area contributed by atoms with Gasteiger partial charge in [-0.15, -0.1) is 6.42 Å². The minimum absolute atomic E-state index is 0.0634. The molecule has 1 aromatic carbocycles. The first kappa shape index (κ1) is 15.1. The lowest BCUT2D eigenvalue weighted by molar-refractivity contribution is -0.116. The van der Waals surface area contributed by atoms with Crippen LogP contribution in [0, 0.1) is 12.3 Å². The smallest absolute Gasteiger partial charge is 0.237 e. The number of thioether (sulfide) groups is 1. The molecule has 0 N–H and O–H groups in total. The first-order valence-electron chi connectivity index (χ1n) is 6.49. The Bertz CT molecular complexity index is 649. The van der Waals surface area contributed by atoms with Crippen molar-refractivity contribution >= 4 is 23.4 Å². The fourth-order valence-corrected chi connectivity index (χ4v) is 2.36. The van der Waals surface area contributed by atoms with Crippen LogP contribution >= 0.6 is 11.8 Å². The summed E-state index contributed by atoms with van der Waals surface area (Å²) in [6, 6.07) is 11.3. The van der Waals surface area contributed by atoms with E-state index in [0.29, 0.717) is 12.3 Å². The normalized spacial score (nSPS) is 9.90. The zero-order valence-electron chi connectivity index (χ0n) is 11.8. The summed E-state index contributed by atoms with van der Waals surface area (Å²) < 4.78 is 0. The summed E-state index contributed by atoms with van der Waals surface area (Å²) in [6.45, 7) is 0.510. The molecule has 0 fully saturated rings. The molecule has 0 aliphatic rings. The third-order valence-corrected chi connectivity index (χ3v) is 3.52. The molecule has 0 atom stereocenters. The highest BCUT2D eigenvalue weighted by Crippen LogP contribution is 2.19. The fraction of sp³-hybridized carbons (Fsp3) is 0.176. The van der Waals surface area contributed by atoms with Gasteiger partial charge in [0.1, 0.15) is 0 Å². The third-order valence-electron chi connectivity index (χ3n) is 2.98. The maximum Gasteiger partial charge on any atom is 0.237 e. The molecule has 0 aliphatic carbocycles. The van der Waals surface area contributed by atoms with E-state index in [2.05, 4.69) is 10.9 Å². The second kappa shape index (κ2) is 7.51. The molecule has 0 saturated carbocycles. The monoisotopic (exact) mass is 296 g/mol. The van der Waals surface area contributed by atoms with Crippen molar-refractivity contribution in [2.24, 2.45) is 0 Å². The Morgan fingerprint density at radius 2 is 2.10 bits per heavy atom. The molecule has 1 aromatic heterocycles. The lowest BCUT2D eigenvalue weighted by Crippen LogP contribution is -2.31. The Kier molecular flexibility index (Phi) is 5.42. The number of hydrogen-bond acceptors (Lipinski definition) is 3. The van der Waals surface area contributed by atoms with Crippen molar-refractivity contribution in [2.45, 2.75) is 6.54 Å². The second-order valence-electron chi connectivity index (χ2n) is 4.46. The van der Waals surface area contributed by atoms with Gasteiger partial charge in [0.15, 0.2) is 0 Å². The summed E-state index contributed by atoms with van der Waals surface area (Å²) in [6.07, 6.45) is 10.8. The molecule has 0 bridgehead atoms. The lowest BCUT2D eigenvalue weighted by Gasteiger charge is -2.23. The highest BCUT2D eigenvalue weighted by atomic mass is 32.2. The first-order chi connectivity index (χ1) is 10.2. The number of rotatable bonds is 5. The number of carbonyl (C=O) groups excluding carboxylic acids is 1. The number of carbonyl (C=O) groups is 1. The summed E-state index contributed by atoms with van der Waals surface area (Å²) in [5.74, 6) is 3.10. The van der Waals surface area contributed by atoms with Gasteiger partial charge in [-0.2, -0.15) is 11.8 Å². The van der Waals surface area contributed by atoms with Gasteiger partial charge in [0.05, 0.1) is 12.3 Å². The molecule has 0 aliphatic heterocycles. The number of nitrogens with zero attached hydrogens (tertiary/aromatic N) is 2. The zero-order valence-corrected chi connectivity index (χ0v) is 12.6. The lowest BCUT2D eigenvalue weighted by atomic mass is 10.1. The summed E-state index contributed by atoms with van der Waals surface area (Å²) in [7, 11) is 0. The van der Waals surface area contributed by atoms with Crippen LogP contribution in [0.5, 0.6) is 0 Å².